The molecule has 2 rings (SSSR count). The third kappa shape index (κ3) is 3.75. The van der Waals surface area contributed by atoms with Crippen LogP contribution in [0.4, 0.5) is 4.39 Å². The molecule has 1 aromatic carbocycles. The van der Waals surface area contributed by atoms with Crippen LogP contribution in [0.2, 0.25) is 5.02 Å². The average molecular weight is 279 g/mol. The Morgan fingerprint density at radius 3 is 2.74 bits per heavy atom. The maximum absolute atomic E-state index is 13.0. The van der Waals surface area contributed by atoms with Crippen molar-refractivity contribution in [2.75, 3.05) is 0 Å². The van der Waals surface area contributed by atoms with Crippen molar-refractivity contribution in [3.8, 4) is 0 Å². The van der Waals surface area contributed by atoms with E-state index in [-0.39, 0.29) is 11.9 Å². The first-order valence-corrected chi connectivity index (χ1v) is 6.54. The molecule has 0 saturated carbocycles. The van der Waals surface area contributed by atoms with Gasteiger partial charge in [-0.25, -0.2) is 4.39 Å². The average Bonchev–Trinajstić information content (AvgIpc) is 2.37. The summed E-state index contributed by atoms with van der Waals surface area (Å²) >= 11 is 6.03. The summed E-state index contributed by atoms with van der Waals surface area (Å²) in [4.78, 5) is 4.24. The molecular formula is C15H16ClFN2. The summed E-state index contributed by atoms with van der Waals surface area (Å²) in [6.07, 6.45) is 1.85. The van der Waals surface area contributed by atoms with E-state index in [9.17, 15) is 4.39 Å². The van der Waals surface area contributed by atoms with Crippen molar-refractivity contribution < 1.29 is 4.39 Å². The van der Waals surface area contributed by atoms with Gasteiger partial charge in [0.15, 0.2) is 0 Å². The number of rotatable bonds is 4. The van der Waals surface area contributed by atoms with Crippen molar-refractivity contribution in [3.63, 3.8) is 0 Å². The lowest BCUT2D eigenvalue weighted by Crippen LogP contribution is -2.18. The number of benzene rings is 1. The predicted molar refractivity (Wildman–Crippen MR) is 75.6 cm³/mol. The Hall–Kier alpha value is -1.45. The van der Waals surface area contributed by atoms with Crippen LogP contribution >= 0.6 is 11.6 Å². The van der Waals surface area contributed by atoms with Crippen molar-refractivity contribution in [1.29, 1.82) is 0 Å². The Bertz CT molecular complexity index is 555. The second kappa shape index (κ2) is 6.13. The minimum Gasteiger partial charge on any atom is -0.306 e. The van der Waals surface area contributed by atoms with Gasteiger partial charge in [-0.1, -0.05) is 23.7 Å². The molecule has 0 saturated heterocycles. The van der Waals surface area contributed by atoms with E-state index in [2.05, 4.69) is 10.3 Å². The molecule has 0 bridgehead atoms. The van der Waals surface area contributed by atoms with Gasteiger partial charge in [-0.15, -0.1) is 0 Å². The van der Waals surface area contributed by atoms with Gasteiger partial charge in [0.1, 0.15) is 5.82 Å². The number of hydrogen-bond acceptors (Lipinski definition) is 2. The first kappa shape index (κ1) is 14.0. The lowest BCUT2D eigenvalue weighted by molar-refractivity contribution is 0.570. The molecule has 1 N–H and O–H groups in total. The normalized spacial score (nSPS) is 12.4. The highest BCUT2D eigenvalue weighted by Crippen LogP contribution is 2.23. The number of aryl methyl sites for hydroxylation is 1. The van der Waals surface area contributed by atoms with Crippen LogP contribution in [-0.4, -0.2) is 4.98 Å². The fourth-order valence-corrected chi connectivity index (χ4v) is 2.17. The molecule has 19 heavy (non-hydrogen) atoms. The zero-order chi connectivity index (χ0) is 13.8. The number of pyridine rings is 1. The third-order valence-corrected chi connectivity index (χ3v) is 3.34. The van der Waals surface area contributed by atoms with E-state index in [4.69, 9.17) is 11.6 Å². The molecule has 0 spiro atoms. The molecule has 1 atom stereocenters. The first-order valence-electron chi connectivity index (χ1n) is 6.16. The van der Waals surface area contributed by atoms with E-state index in [0.717, 1.165) is 16.8 Å². The fraction of sp³-hybridized carbons (Fsp3) is 0.267. The van der Waals surface area contributed by atoms with Crippen LogP contribution in [-0.2, 0) is 6.54 Å². The van der Waals surface area contributed by atoms with Crippen LogP contribution in [0.15, 0.2) is 36.5 Å². The molecule has 2 nitrogen and oxygen atoms in total. The highest BCUT2D eigenvalue weighted by Gasteiger charge is 2.09. The molecule has 0 amide bonds. The molecule has 4 heteroatoms. The second-order valence-corrected chi connectivity index (χ2v) is 4.98. The topological polar surface area (TPSA) is 24.9 Å². The summed E-state index contributed by atoms with van der Waals surface area (Å²) in [5.74, 6) is -0.316. The zero-order valence-corrected chi connectivity index (χ0v) is 11.7. The Morgan fingerprint density at radius 2 is 2.11 bits per heavy atom. The molecule has 0 radical (unpaired) electrons. The summed E-state index contributed by atoms with van der Waals surface area (Å²) in [5.41, 5.74) is 3.00. The van der Waals surface area contributed by atoms with Gasteiger partial charge in [0, 0.05) is 29.5 Å². The van der Waals surface area contributed by atoms with Gasteiger partial charge in [0.05, 0.1) is 0 Å². The van der Waals surface area contributed by atoms with Crippen LogP contribution in [0, 0.1) is 12.7 Å². The second-order valence-electron chi connectivity index (χ2n) is 4.58. The summed E-state index contributed by atoms with van der Waals surface area (Å²) in [7, 11) is 0. The van der Waals surface area contributed by atoms with Gasteiger partial charge in [-0.3, -0.25) is 4.98 Å². The molecule has 1 unspecified atom stereocenters. The van der Waals surface area contributed by atoms with Crippen LogP contribution in [0.3, 0.4) is 0 Å². The molecule has 2 aromatic rings. The zero-order valence-electron chi connectivity index (χ0n) is 11.0. The Morgan fingerprint density at radius 1 is 1.32 bits per heavy atom. The molecule has 0 fully saturated rings. The summed E-state index contributed by atoms with van der Waals surface area (Å²) < 4.78 is 13.0. The highest BCUT2D eigenvalue weighted by atomic mass is 35.5. The van der Waals surface area contributed by atoms with Crippen LogP contribution in [0.25, 0.3) is 0 Å². The maximum Gasteiger partial charge on any atom is 0.124 e. The van der Waals surface area contributed by atoms with E-state index in [0.29, 0.717) is 11.6 Å². The highest BCUT2D eigenvalue weighted by molar-refractivity contribution is 6.31. The standard InChI is InChI=1S/C15H16ClFN2/c1-10-3-4-12(8-18-10)9-19-11(2)14-6-5-13(17)7-15(14)16/h3-8,11,19H,9H2,1-2H3. The van der Waals surface area contributed by atoms with Gasteiger partial charge in [0.25, 0.3) is 0 Å². The Balaban J connectivity index is 2.01. The maximum atomic E-state index is 13.0. The largest absolute Gasteiger partial charge is 0.306 e. The van der Waals surface area contributed by atoms with Crippen molar-refractivity contribution in [2.24, 2.45) is 0 Å². The van der Waals surface area contributed by atoms with Gasteiger partial charge in [-0.2, -0.15) is 0 Å². The number of nitrogens with one attached hydrogen (secondary N) is 1. The van der Waals surface area contributed by atoms with Crippen LogP contribution in [0.5, 0.6) is 0 Å². The van der Waals surface area contributed by atoms with E-state index >= 15 is 0 Å². The van der Waals surface area contributed by atoms with Crippen molar-refractivity contribution in [1.82, 2.24) is 10.3 Å². The van der Waals surface area contributed by atoms with Crippen molar-refractivity contribution in [2.45, 2.75) is 26.4 Å². The Kier molecular flexibility index (Phi) is 4.51. The number of aromatic nitrogens is 1. The van der Waals surface area contributed by atoms with Crippen molar-refractivity contribution in [3.05, 3.63) is 64.2 Å². The minimum absolute atomic E-state index is 0.0504. The molecule has 0 aliphatic rings. The predicted octanol–water partition coefficient (Wildman–Crippen LogP) is 4.03. The van der Waals surface area contributed by atoms with E-state index in [1.807, 2.05) is 32.2 Å². The number of hydrogen-bond donors (Lipinski definition) is 1. The summed E-state index contributed by atoms with van der Waals surface area (Å²) in [6.45, 7) is 4.65. The van der Waals surface area contributed by atoms with Crippen molar-refractivity contribution >= 4 is 11.6 Å². The van der Waals surface area contributed by atoms with Gasteiger partial charge >= 0.3 is 0 Å². The van der Waals surface area contributed by atoms with Gasteiger partial charge in [0.2, 0.25) is 0 Å². The molecule has 0 aliphatic carbocycles. The van der Waals surface area contributed by atoms with E-state index in [1.165, 1.54) is 12.1 Å². The Labute approximate surface area is 117 Å². The molecule has 1 aromatic heterocycles. The van der Waals surface area contributed by atoms with E-state index in [1.54, 1.807) is 6.07 Å². The summed E-state index contributed by atoms with van der Waals surface area (Å²) in [5, 5.41) is 3.79. The third-order valence-electron chi connectivity index (χ3n) is 3.01. The fourth-order valence-electron chi connectivity index (χ4n) is 1.84. The van der Waals surface area contributed by atoms with Crippen LogP contribution < -0.4 is 5.32 Å². The molecule has 0 aliphatic heterocycles. The SMILES string of the molecule is Cc1ccc(CNC(C)c2ccc(F)cc2Cl)cn1. The first-order chi connectivity index (χ1) is 9.06. The lowest BCUT2D eigenvalue weighted by atomic mass is 10.1. The number of nitrogens with zero attached hydrogens (tertiary/aromatic N) is 1. The van der Waals surface area contributed by atoms with Crippen LogP contribution in [0.1, 0.15) is 29.8 Å². The van der Waals surface area contributed by atoms with E-state index < -0.39 is 0 Å². The van der Waals surface area contributed by atoms with Gasteiger partial charge in [-0.05, 0) is 43.2 Å². The quantitative estimate of drug-likeness (QED) is 0.913. The monoisotopic (exact) mass is 278 g/mol. The number of halogens is 2. The molecular weight excluding hydrogens is 263 g/mol. The summed E-state index contributed by atoms with van der Waals surface area (Å²) in [6, 6.07) is 8.54. The van der Waals surface area contributed by atoms with Gasteiger partial charge < -0.3 is 5.32 Å². The lowest BCUT2D eigenvalue weighted by Gasteiger charge is -2.15. The molecule has 1 heterocycles. The molecule has 100 valence electrons. The smallest absolute Gasteiger partial charge is 0.124 e. The minimum atomic E-state index is -0.316.